The zero-order valence-corrected chi connectivity index (χ0v) is 16.0. The third-order valence-electron chi connectivity index (χ3n) is 4.58. The molecule has 1 aromatic carbocycles. The van der Waals surface area contributed by atoms with Gasteiger partial charge in [0.2, 0.25) is 0 Å². The minimum Gasteiger partial charge on any atom is -0.464 e. The SMILES string of the molecule is COC(=O)c1cc(C2(C)SC(C[C@@H](C)c3ccc(F)cc3)=NC2=O)ccn1. The van der Waals surface area contributed by atoms with Crippen molar-refractivity contribution in [3.05, 3.63) is 65.2 Å². The van der Waals surface area contributed by atoms with Gasteiger partial charge in [0.1, 0.15) is 16.3 Å². The predicted octanol–water partition coefficient (Wildman–Crippen LogP) is 4.09. The van der Waals surface area contributed by atoms with Gasteiger partial charge in [-0.3, -0.25) is 4.79 Å². The fourth-order valence-electron chi connectivity index (χ4n) is 2.91. The van der Waals surface area contributed by atoms with E-state index >= 15 is 0 Å². The molecule has 0 spiro atoms. The average Bonchev–Trinajstić information content (AvgIpc) is 2.96. The number of pyridine rings is 1. The summed E-state index contributed by atoms with van der Waals surface area (Å²) in [4.78, 5) is 32.6. The van der Waals surface area contributed by atoms with Crippen molar-refractivity contribution in [1.29, 1.82) is 0 Å². The van der Waals surface area contributed by atoms with Crippen LogP contribution >= 0.6 is 11.8 Å². The van der Waals surface area contributed by atoms with Gasteiger partial charge in [-0.15, -0.1) is 0 Å². The molecule has 0 aliphatic carbocycles. The standard InChI is InChI=1S/C20H19FN2O3S/c1-12(13-4-6-15(21)7-5-13)10-17-23-19(25)20(2,27-17)14-8-9-22-16(11-14)18(24)26-3/h4-9,11-12H,10H2,1-3H3/t12-,20?/m1/s1. The Kier molecular flexibility index (Phi) is 5.41. The largest absolute Gasteiger partial charge is 0.464 e. The second kappa shape index (κ2) is 7.60. The van der Waals surface area contributed by atoms with Crippen LogP contribution in [0.4, 0.5) is 4.39 Å². The number of nitrogens with zero attached hydrogens (tertiary/aromatic N) is 2. The van der Waals surface area contributed by atoms with Crippen LogP contribution in [0.15, 0.2) is 47.6 Å². The second-order valence-corrected chi connectivity index (χ2v) is 8.02. The first-order chi connectivity index (χ1) is 12.8. The first-order valence-electron chi connectivity index (χ1n) is 8.45. The fourth-order valence-corrected chi connectivity index (χ4v) is 4.22. The second-order valence-electron chi connectivity index (χ2n) is 6.52. The number of aromatic nitrogens is 1. The van der Waals surface area contributed by atoms with Crippen LogP contribution in [0.2, 0.25) is 0 Å². The van der Waals surface area contributed by atoms with E-state index in [4.69, 9.17) is 4.74 Å². The molecule has 3 rings (SSSR count). The highest BCUT2D eigenvalue weighted by atomic mass is 32.2. The number of ether oxygens (including phenoxy) is 1. The van der Waals surface area contributed by atoms with Crippen molar-refractivity contribution in [3.8, 4) is 0 Å². The third kappa shape index (κ3) is 3.93. The molecule has 0 fully saturated rings. The monoisotopic (exact) mass is 386 g/mol. The molecule has 7 heteroatoms. The molecule has 0 N–H and O–H groups in total. The lowest BCUT2D eigenvalue weighted by atomic mass is 9.98. The Morgan fingerprint density at radius 3 is 2.67 bits per heavy atom. The lowest BCUT2D eigenvalue weighted by molar-refractivity contribution is -0.119. The Morgan fingerprint density at radius 2 is 2.00 bits per heavy atom. The molecule has 140 valence electrons. The Morgan fingerprint density at radius 1 is 1.30 bits per heavy atom. The van der Waals surface area contributed by atoms with Gasteiger partial charge < -0.3 is 4.74 Å². The highest BCUT2D eigenvalue weighted by Gasteiger charge is 2.43. The van der Waals surface area contributed by atoms with Gasteiger partial charge in [0.05, 0.1) is 12.2 Å². The zero-order valence-electron chi connectivity index (χ0n) is 15.2. The van der Waals surface area contributed by atoms with Gasteiger partial charge in [0, 0.05) is 12.6 Å². The van der Waals surface area contributed by atoms with E-state index in [-0.39, 0.29) is 23.3 Å². The van der Waals surface area contributed by atoms with E-state index in [1.54, 1.807) is 31.2 Å². The minimum absolute atomic E-state index is 0.0927. The smallest absolute Gasteiger partial charge is 0.356 e. The summed E-state index contributed by atoms with van der Waals surface area (Å²) < 4.78 is 16.9. The molecule has 2 atom stereocenters. The molecule has 2 heterocycles. The molecule has 5 nitrogen and oxygen atoms in total. The Bertz CT molecular complexity index is 914. The first-order valence-corrected chi connectivity index (χ1v) is 9.26. The lowest BCUT2D eigenvalue weighted by Crippen LogP contribution is -2.24. The molecule has 1 aromatic heterocycles. The number of hydrogen-bond donors (Lipinski definition) is 0. The van der Waals surface area contributed by atoms with E-state index in [1.165, 1.54) is 37.2 Å². The first kappa shape index (κ1) is 19.2. The molecule has 0 bridgehead atoms. The van der Waals surface area contributed by atoms with Gasteiger partial charge in [-0.05, 0) is 48.2 Å². The van der Waals surface area contributed by atoms with Crippen LogP contribution in [-0.4, -0.2) is 29.0 Å². The number of methoxy groups -OCH3 is 1. The summed E-state index contributed by atoms with van der Waals surface area (Å²) >= 11 is 1.37. The van der Waals surface area contributed by atoms with E-state index < -0.39 is 10.7 Å². The number of thioether (sulfide) groups is 1. The number of amides is 1. The summed E-state index contributed by atoms with van der Waals surface area (Å²) in [5.74, 6) is -1.01. The molecule has 1 aliphatic heterocycles. The maximum absolute atomic E-state index is 13.1. The van der Waals surface area contributed by atoms with Crippen molar-refractivity contribution >= 4 is 28.7 Å². The molecule has 2 aromatic rings. The van der Waals surface area contributed by atoms with Crippen molar-refractivity contribution in [2.45, 2.75) is 30.9 Å². The summed E-state index contributed by atoms with van der Waals surface area (Å²) in [6, 6.07) is 9.61. The molecule has 0 saturated heterocycles. The highest BCUT2D eigenvalue weighted by molar-refractivity contribution is 8.15. The maximum atomic E-state index is 13.1. The van der Waals surface area contributed by atoms with E-state index in [9.17, 15) is 14.0 Å². The van der Waals surface area contributed by atoms with E-state index in [0.29, 0.717) is 12.0 Å². The molecule has 1 amide bonds. The molecular formula is C20H19FN2O3S. The molecule has 0 saturated carbocycles. The van der Waals surface area contributed by atoms with Crippen LogP contribution in [0, 0.1) is 5.82 Å². The highest BCUT2D eigenvalue weighted by Crippen LogP contribution is 2.45. The minimum atomic E-state index is -0.913. The third-order valence-corrected chi connectivity index (χ3v) is 5.89. The summed E-state index contributed by atoms with van der Waals surface area (Å²) in [6.45, 7) is 3.80. The summed E-state index contributed by atoms with van der Waals surface area (Å²) in [5.41, 5.74) is 1.79. The van der Waals surface area contributed by atoms with Crippen molar-refractivity contribution in [2.24, 2.45) is 4.99 Å². The lowest BCUT2D eigenvalue weighted by Gasteiger charge is -2.21. The quantitative estimate of drug-likeness (QED) is 0.724. The number of benzene rings is 1. The number of carbonyl (C=O) groups is 2. The molecule has 27 heavy (non-hydrogen) atoms. The van der Waals surface area contributed by atoms with Crippen molar-refractivity contribution in [2.75, 3.05) is 7.11 Å². The van der Waals surface area contributed by atoms with E-state index in [1.807, 2.05) is 6.92 Å². The van der Waals surface area contributed by atoms with Crippen LogP contribution in [-0.2, 0) is 14.3 Å². The van der Waals surface area contributed by atoms with Crippen LogP contribution < -0.4 is 0 Å². The van der Waals surface area contributed by atoms with Gasteiger partial charge in [-0.1, -0.05) is 30.8 Å². The van der Waals surface area contributed by atoms with Gasteiger partial charge in [-0.2, -0.15) is 0 Å². The number of hydrogen-bond acceptors (Lipinski definition) is 5. The van der Waals surface area contributed by atoms with Crippen molar-refractivity contribution in [1.82, 2.24) is 4.98 Å². The summed E-state index contributed by atoms with van der Waals surface area (Å²) in [5, 5.41) is 0.718. The van der Waals surface area contributed by atoms with E-state index in [2.05, 4.69) is 9.98 Å². The summed E-state index contributed by atoms with van der Waals surface area (Å²) in [6.07, 6.45) is 2.06. The number of aliphatic imine (C=N–C) groups is 1. The van der Waals surface area contributed by atoms with Crippen LogP contribution in [0.3, 0.4) is 0 Å². The van der Waals surface area contributed by atoms with Gasteiger partial charge in [0.15, 0.2) is 0 Å². The zero-order chi connectivity index (χ0) is 19.6. The van der Waals surface area contributed by atoms with Crippen LogP contribution in [0.5, 0.6) is 0 Å². The van der Waals surface area contributed by atoms with Gasteiger partial charge in [0.25, 0.3) is 5.91 Å². The maximum Gasteiger partial charge on any atom is 0.356 e. The molecule has 1 aliphatic rings. The molecular weight excluding hydrogens is 367 g/mol. The average molecular weight is 386 g/mol. The molecule has 1 unspecified atom stereocenters. The number of carbonyl (C=O) groups excluding carboxylic acids is 2. The van der Waals surface area contributed by atoms with Gasteiger partial charge >= 0.3 is 5.97 Å². The Balaban J connectivity index is 1.78. The summed E-state index contributed by atoms with van der Waals surface area (Å²) in [7, 11) is 1.28. The number of halogens is 1. The topological polar surface area (TPSA) is 68.6 Å². The normalized spacial score (nSPS) is 20.3. The number of esters is 1. The van der Waals surface area contributed by atoms with Crippen molar-refractivity contribution in [3.63, 3.8) is 0 Å². The Hall–Kier alpha value is -2.54. The predicted molar refractivity (Wildman–Crippen MR) is 102 cm³/mol. The van der Waals surface area contributed by atoms with Crippen molar-refractivity contribution < 1.29 is 18.7 Å². The fraction of sp³-hybridized carbons (Fsp3) is 0.300. The number of rotatable bonds is 5. The van der Waals surface area contributed by atoms with Crippen LogP contribution in [0.25, 0.3) is 0 Å². The molecule has 0 radical (unpaired) electrons. The Labute approximate surface area is 161 Å². The van der Waals surface area contributed by atoms with Gasteiger partial charge in [-0.25, -0.2) is 19.2 Å². The van der Waals surface area contributed by atoms with Crippen LogP contribution in [0.1, 0.15) is 47.8 Å². The van der Waals surface area contributed by atoms with E-state index in [0.717, 1.165) is 10.6 Å².